The average Bonchev–Trinajstić information content (AvgIpc) is 3.99. The lowest BCUT2D eigenvalue weighted by atomic mass is 9.99. The molecule has 13 N–H and O–H groups in total. The molecular formula is C55H77N7O16. The summed E-state index contributed by atoms with van der Waals surface area (Å²) in [4.78, 5) is 102. The molecule has 428 valence electrons. The summed E-state index contributed by atoms with van der Waals surface area (Å²) < 4.78 is 6.00. The molecule has 3 aromatic rings. The van der Waals surface area contributed by atoms with E-state index in [-0.39, 0.29) is 24.3 Å². The van der Waals surface area contributed by atoms with Crippen molar-refractivity contribution in [2.45, 2.75) is 177 Å². The first-order chi connectivity index (χ1) is 37.1. The molecule has 3 aliphatic rings. The van der Waals surface area contributed by atoms with Gasteiger partial charge in [0, 0.05) is 43.8 Å². The predicted octanol–water partition coefficient (Wildman–Crippen LogP) is -0.648. The van der Waals surface area contributed by atoms with Crippen LogP contribution in [0.4, 0.5) is 0 Å². The third-order valence-corrected chi connectivity index (χ3v) is 14.7. The van der Waals surface area contributed by atoms with Crippen LogP contribution in [0.25, 0.3) is 10.8 Å². The highest BCUT2D eigenvalue weighted by Gasteiger charge is 2.50. The Morgan fingerprint density at radius 3 is 1.92 bits per heavy atom. The first-order valence-corrected chi connectivity index (χ1v) is 26.9. The summed E-state index contributed by atoms with van der Waals surface area (Å²) in [7, 11) is 0. The van der Waals surface area contributed by atoms with Crippen LogP contribution in [0.15, 0.2) is 60.7 Å². The number of fused-ring (bicyclic) bond motifs is 3. The van der Waals surface area contributed by atoms with Crippen molar-refractivity contribution in [2.75, 3.05) is 19.7 Å². The molecule has 14 unspecified atom stereocenters. The van der Waals surface area contributed by atoms with Crippen LogP contribution in [0.2, 0.25) is 0 Å². The molecule has 23 nitrogen and oxygen atoms in total. The number of amides is 7. The van der Waals surface area contributed by atoms with Gasteiger partial charge in [0.05, 0.1) is 37.1 Å². The van der Waals surface area contributed by atoms with Gasteiger partial charge in [-0.05, 0) is 73.0 Å². The van der Waals surface area contributed by atoms with E-state index in [1.165, 1.54) is 69.4 Å². The molecular weight excluding hydrogens is 1010 g/mol. The minimum atomic E-state index is -2.26. The number of ether oxygens (including phenoxy) is 1. The van der Waals surface area contributed by atoms with Crippen molar-refractivity contribution in [1.29, 1.82) is 0 Å². The summed E-state index contributed by atoms with van der Waals surface area (Å²) in [6, 6.07) is 4.44. The lowest BCUT2D eigenvalue weighted by Gasteiger charge is -2.33. The molecule has 0 radical (unpaired) electrons. The van der Waals surface area contributed by atoms with Gasteiger partial charge in [-0.1, -0.05) is 83.1 Å². The number of nitrogens with zero attached hydrogens (tertiary/aromatic N) is 2. The smallest absolute Gasteiger partial charge is 0.251 e. The molecule has 3 saturated heterocycles. The Balaban J connectivity index is 1.30. The van der Waals surface area contributed by atoms with Crippen molar-refractivity contribution in [1.82, 2.24) is 36.4 Å². The molecule has 23 heteroatoms. The Kier molecular flexibility index (Phi) is 21.7. The standard InChI is InChI=1S/C55H77N7O16/c1-5-6-7-8-9-10-11-12-21-78-38-20-17-33-23-35(16-15-34(33)24-38)48(70)56-39-26-42(68)51(73)60-53(75)46-47(69)29(2)27-62(46)55(77)44(31(4)64)58-52(74)45(41(67)22-32-13-18-36(65)19-14-32)59-50(72)40-25-37(66)28-61(40)54(76)43(30(3)63)57-49(39)71/h13-20,23-24,29-31,37,39-47,51,63-69,73H,5-12,21-22,25-28H2,1-4H3,(H,56,70)(H,57,71)(H,58,74)(H,59,72)(H,60,75). The van der Waals surface area contributed by atoms with Crippen molar-refractivity contribution in [3.05, 3.63) is 71.8 Å². The van der Waals surface area contributed by atoms with E-state index >= 15 is 0 Å². The highest BCUT2D eigenvalue weighted by molar-refractivity contribution is 6.02. The van der Waals surface area contributed by atoms with Gasteiger partial charge < -0.3 is 82.0 Å². The molecule has 0 saturated carbocycles. The number of hydrogen-bond acceptors (Lipinski definition) is 16. The topological polar surface area (TPSA) is 357 Å². The first kappa shape index (κ1) is 60.8. The van der Waals surface area contributed by atoms with Gasteiger partial charge in [0.1, 0.15) is 53.9 Å². The van der Waals surface area contributed by atoms with Crippen molar-refractivity contribution in [2.24, 2.45) is 5.92 Å². The largest absolute Gasteiger partial charge is 0.508 e. The van der Waals surface area contributed by atoms with E-state index in [2.05, 4.69) is 33.5 Å². The third-order valence-electron chi connectivity index (χ3n) is 14.7. The maximum Gasteiger partial charge on any atom is 0.251 e. The Labute approximate surface area is 452 Å². The fourth-order valence-electron chi connectivity index (χ4n) is 10.1. The first-order valence-electron chi connectivity index (χ1n) is 26.9. The van der Waals surface area contributed by atoms with Crippen molar-refractivity contribution in [3.63, 3.8) is 0 Å². The average molecular weight is 1090 g/mol. The van der Waals surface area contributed by atoms with Gasteiger partial charge in [-0.3, -0.25) is 33.6 Å². The molecule has 7 amide bonds. The molecule has 3 heterocycles. The number of hydrogen-bond donors (Lipinski definition) is 13. The fraction of sp³-hybridized carbons (Fsp3) is 0.582. The van der Waals surface area contributed by atoms with E-state index in [4.69, 9.17) is 4.74 Å². The summed E-state index contributed by atoms with van der Waals surface area (Å²) in [5.74, 6) is -8.15. The van der Waals surface area contributed by atoms with Gasteiger partial charge in [-0.25, -0.2) is 0 Å². The maximum atomic E-state index is 14.4. The van der Waals surface area contributed by atoms with Gasteiger partial charge >= 0.3 is 0 Å². The number of phenols is 1. The summed E-state index contributed by atoms with van der Waals surface area (Å²) in [6.07, 6.45) is -5.03. The summed E-state index contributed by atoms with van der Waals surface area (Å²) in [5.41, 5.74) is 0.411. The maximum absolute atomic E-state index is 14.4. The number of benzene rings is 3. The van der Waals surface area contributed by atoms with Gasteiger partial charge in [0.15, 0.2) is 6.23 Å². The number of carbonyl (C=O) groups is 7. The number of rotatable bonds is 17. The zero-order chi connectivity index (χ0) is 57.0. The molecule has 0 aliphatic carbocycles. The van der Waals surface area contributed by atoms with Crippen LogP contribution in [0.5, 0.6) is 11.5 Å². The lowest BCUT2D eigenvalue weighted by molar-refractivity contribution is -0.148. The Morgan fingerprint density at radius 1 is 0.679 bits per heavy atom. The molecule has 0 spiro atoms. The molecule has 3 aliphatic heterocycles. The van der Waals surface area contributed by atoms with Crippen LogP contribution in [-0.2, 0) is 35.2 Å². The SMILES string of the molecule is CCCCCCCCCCOc1ccc2cc(C(=O)NC3CC(O)C(O)NC(=O)C4C(O)C(C)CN4C(=O)C(C(C)O)NC(=O)C(C(O)Cc4ccc(O)cc4)NC(=O)C4CC(O)CN4C(=O)C(C(C)O)NC3=O)ccc2c1. The minimum Gasteiger partial charge on any atom is -0.508 e. The van der Waals surface area contributed by atoms with Crippen molar-refractivity contribution in [3.8, 4) is 11.5 Å². The Morgan fingerprint density at radius 2 is 1.27 bits per heavy atom. The van der Waals surface area contributed by atoms with Gasteiger partial charge in [-0.2, -0.15) is 0 Å². The fourth-order valence-corrected chi connectivity index (χ4v) is 10.1. The second-order valence-electron chi connectivity index (χ2n) is 21.0. The molecule has 3 aromatic carbocycles. The molecule has 0 bridgehead atoms. The highest BCUT2D eigenvalue weighted by Crippen LogP contribution is 2.28. The second-order valence-corrected chi connectivity index (χ2v) is 21.0. The summed E-state index contributed by atoms with van der Waals surface area (Å²) in [5, 5.41) is 101. The number of aromatic hydroxyl groups is 1. The van der Waals surface area contributed by atoms with Crippen LogP contribution < -0.4 is 31.3 Å². The van der Waals surface area contributed by atoms with E-state index in [0.717, 1.165) is 48.3 Å². The summed E-state index contributed by atoms with van der Waals surface area (Å²) in [6.45, 7) is 5.63. The van der Waals surface area contributed by atoms with Crippen LogP contribution in [-0.4, -0.2) is 191 Å². The van der Waals surface area contributed by atoms with Gasteiger partial charge in [0.25, 0.3) is 5.91 Å². The van der Waals surface area contributed by atoms with Crippen LogP contribution >= 0.6 is 0 Å². The Hall–Kier alpha value is -6.47. The van der Waals surface area contributed by atoms with E-state index in [1.54, 1.807) is 24.3 Å². The monoisotopic (exact) mass is 1090 g/mol. The van der Waals surface area contributed by atoms with Crippen molar-refractivity contribution < 1.29 is 79.2 Å². The zero-order valence-electron chi connectivity index (χ0n) is 44.5. The molecule has 78 heavy (non-hydrogen) atoms. The number of aliphatic hydroxyl groups excluding tert-OH is 7. The summed E-state index contributed by atoms with van der Waals surface area (Å²) >= 11 is 0. The van der Waals surface area contributed by atoms with Crippen LogP contribution in [0.1, 0.15) is 108 Å². The van der Waals surface area contributed by atoms with E-state index in [9.17, 15) is 74.4 Å². The quantitative estimate of drug-likeness (QED) is 0.0747. The lowest BCUT2D eigenvalue weighted by Crippen LogP contribution is -2.64. The van der Waals surface area contributed by atoms with Crippen molar-refractivity contribution >= 4 is 52.1 Å². The normalized spacial score (nSPS) is 28.1. The molecule has 14 atom stereocenters. The Bertz CT molecular complexity index is 2570. The zero-order valence-corrected chi connectivity index (χ0v) is 44.5. The van der Waals surface area contributed by atoms with Gasteiger partial charge in [0.2, 0.25) is 35.4 Å². The molecule has 0 aromatic heterocycles. The van der Waals surface area contributed by atoms with Crippen LogP contribution in [0.3, 0.4) is 0 Å². The number of carbonyl (C=O) groups excluding carboxylic acids is 7. The third kappa shape index (κ3) is 15.6. The van der Waals surface area contributed by atoms with E-state index in [0.29, 0.717) is 23.3 Å². The highest BCUT2D eigenvalue weighted by atomic mass is 16.5. The minimum absolute atomic E-state index is 0.0423. The predicted molar refractivity (Wildman–Crippen MR) is 282 cm³/mol. The van der Waals surface area contributed by atoms with E-state index < -0.39 is 146 Å². The number of nitrogens with one attached hydrogen (secondary N) is 5. The van der Waals surface area contributed by atoms with Crippen LogP contribution in [0, 0.1) is 5.92 Å². The number of aliphatic hydroxyl groups is 7. The molecule has 3 fully saturated rings. The number of phenolic OH excluding ortho intramolecular Hbond substituents is 1. The van der Waals surface area contributed by atoms with E-state index in [1.807, 2.05) is 6.07 Å². The van der Waals surface area contributed by atoms with Gasteiger partial charge in [-0.15, -0.1) is 0 Å². The molecule has 6 rings (SSSR count). The second kappa shape index (κ2) is 27.9. The number of unbranched alkanes of at least 4 members (excludes halogenated alkanes) is 7.